The van der Waals surface area contributed by atoms with Crippen molar-refractivity contribution in [2.24, 2.45) is 5.92 Å². The Labute approximate surface area is 196 Å². The number of carbonyl (C=O) groups excluding carboxylic acids is 1. The SMILES string of the molecule is CCOC(=O)[C@H](C)OP(=O)(CCNC1C(CO)=C(C)C(OC)=C1C(C)C)Oc1ccccc1. The number of carbonyl (C=O) groups is 1. The third-order valence-corrected chi connectivity index (χ3v) is 7.30. The van der Waals surface area contributed by atoms with E-state index < -0.39 is 19.7 Å². The fourth-order valence-electron chi connectivity index (χ4n) is 3.86. The fraction of sp³-hybridized carbons (Fsp3) is 0.542. The monoisotopic (exact) mass is 481 g/mol. The molecular formula is C24H36NO7P. The summed E-state index contributed by atoms with van der Waals surface area (Å²) in [6.07, 6.45) is -1.04. The third kappa shape index (κ3) is 6.93. The van der Waals surface area contributed by atoms with E-state index in [1.54, 1.807) is 38.3 Å². The van der Waals surface area contributed by atoms with Crippen molar-refractivity contribution in [1.29, 1.82) is 0 Å². The maximum Gasteiger partial charge on any atom is 0.381 e. The van der Waals surface area contributed by atoms with Crippen molar-refractivity contribution in [2.75, 3.05) is 33.0 Å². The zero-order valence-electron chi connectivity index (χ0n) is 20.3. The van der Waals surface area contributed by atoms with Crippen molar-refractivity contribution < 1.29 is 33.0 Å². The van der Waals surface area contributed by atoms with E-state index in [0.717, 1.165) is 22.5 Å². The number of rotatable bonds is 13. The predicted octanol–water partition coefficient (Wildman–Crippen LogP) is 4.06. The van der Waals surface area contributed by atoms with Crippen LogP contribution in [0.1, 0.15) is 34.6 Å². The molecule has 0 heterocycles. The molecule has 2 N–H and O–H groups in total. The highest BCUT2D eigenvalue weighted by Crippen LogP contribution is 2.49. The quantitative estimate of drug-likeness (QED) is 0.321. The Balaban J connectivity index is 2.20. The molecule has 8 nitrogen and oxygen atoms in total. The minimum atomic E-state index is -3.73. The molecule has 2 unspecified atom stereocenters. The summed E-state index contributed by atoms with van der Waals surface area (Å²) in [4.78, 5) is 12.1. The number of aliphatic hydroxyl groups is 1. The van der Waals surface area contributed by atoms with E-state index in [9.17, 15) is 14.5 Å². The van der Waals surface area contributed by atoms with E-state index in [2.05, 4.69) is 19.2 Å². The Hall–Kier alpha value is -2.12. The van der Waals surface area contributed by atoms with Crippen LogP contribution in [0.25, 0.3) is 0 Å². The second-order valence-electron chi connectivity index (χ2n) is 8.08. The highest BCUT2D eigenvalue weighted by molar-refractivity contribution is 7.54. The maximum atomic E-state index is 13.6. The smallest absolute Gasteiger partial charge is 0.381 e. The number of hydrogen-bond acceptors (Lipinski definition) is 8. The number of ether oxygens (including phenoxy) is 2. The van der Waals surface area contributed by atoms with Gasteiger partial charge in [0.25, 0.3) is 0 Å². The molecule has 1 aromatic carbocycles. The van der Waals surface area contributed by atoms with Gasteiger partial charge in [-0.05, 0) is 55.5 Å². The normalized spacial score (nSPS) is 19.0. The van der Waals surface area contributed by atoms with Gasteiger partial charge in [-0.2, -0.15) is 0 Å². The molecule has 1 aliphatic rings. The summed E-state index contributed by atoms with van der Waals surface area (Å²) in [6.45, 7) is 9.55. The van der Waals surface area contributed by atoms with Crippen molar-refractivity contribution in [2.45, 2.75) is 46.8 Å². The van der Waals surface area contributed by atoms with Gasteiger partial charge in [-0.15, -0.1) is 0 Å². The van der Waals surface area contributed by atoms with Gasteiger partial charge < -0.3 is 24.4 Å². The Morgan fingerprint density at radius 3 is 2.42 bits per heavy atom. The first-order chi connectivity index (χ1) is 15.7. The van der Waals surface area contributed by atoms with Crippen LogP contribution in [0.2, 0.25) is 0 Å². The molecule has 9 heteroatoms. The lowest BCUT2D eigenvalue weighted by Crippen LogP contribution is -2.36. The molecule has 0 bridgehead atoms. The summed E-state index contributed by atoms with van der Waals surface area (Å²) >= 11 is 0. The van der Waals surface area contributed by atoms with E-state index in [4.69, 9.17) is 18.5 Å². The molecule has 1 aromatic rings. The van der Waals surface area contributed by atoms with Gasteiger partial charge in [-0.1, -0.05) is 32.0 Å². The summed E-state index contributed by atoms with van der Waals surface area (Å²) in [7, 11) is -2.11. The topological polar surface area (TPSA) is 103 Å². The molecule has 1 aliphatic carbocycles. The minimum absolute atomic E-state index is 0.00753. The van der Waals surface area contributed by atoms with Crippen molar-refractivity contribution >= 4 is 13.6 Å². The van der Waals surface area contributed by atoms with Gasteiger partial charge >= 0.3 is 13.6 Å². The average molecular weight is 482 g/mol. The van der Waals surface area contributed by atoms with Gasteiger partial charge in [-0.25, -0.2) is 9.36 Å². The second-order valence-corrected chi connectivity index (χ2v) is 10.1. The van der Waals surface area contributed by atoms with Crippen LogP contribution in [0.3, 0.4) is 0 Å². The van der Waals surface area contributed by atoms with Crippen LogP contribution in [0, 0.1) is 5.92 Å². The van der Waals surface area contributed by atoms with Crippen LogP contribution in [0.15, 0.2) is 52.8 Å². The first-order valence-corrected chi connectivity index (χ1v) is 12.9. The predicted molar refractivity (Wildman–Crippen MR) is 127 cm³/mol. The molecule has 2 rings (SSSR count). The summed E-state index contributed by atoms with van der Waals surface area (Å²) in [6, 6.07) is 8.44. The third-order valence-electron chi connectivity index (χ3n) is 5.40. The number of benzene rings is 1. The zero-order chi connectivity index (χ0) is 24.6. The highest BCUT2D eigenvalue weighted by Gasteiger charge is 2.36. The van der Waals surface area contributed by atoms with Crippen molar-refractivity contribution in [1.82, 2.24) is 5.32 Å². The van der Waals surface area contributed by atoms with E-state index in [1.807, 2.05) is 13.0 Å². The molecule has 0 aromatic heterocycles. The van der Waals surface area contributed by atoms with E-state index in [0.29, 0.717) is 5.75 Å². The Kier molecular flexibility index (Phi) is 10.2. The second kappa shape index (κ2) is 12.4. The van der Waals surface area contributed by atoms with E-state index in [1.165, 1.54) is 6.92 Å². The van der Waals surface area contributed by atoms with Crippen LogP contribution in [0.4, 0.5) is 0 Å². The zero-order valence-corrected chi connectivity index (χ0v) is 21.2. The lowest BCUT2D eigenvalue weighted by molar-refractivity contribution is -0.150. The van der Waals surface area contributed by atoms with Crippen LogP contribution in [0.5, 0.6) is 5.75 Å². The number of aliphatic hydroxyl groups excluding tert-OH is 1. The molecule has 0 spiro atoms. The van der Waals surface area contributed by atoms with Crippen molar-refractivity contribution in [3.05, 3.63) is 52.8 Å². The maximum absolute atomic E-state index is 13.6. The highest BCUT2D eigenvalue weighted by atomic mass is 31.2. The standard InChI is InChI=1S/C24H36NO7P/c1-7-30-24(27)18(5)31-33(28,32-19-11-9-8-10-12-19)14-13-25-22-20(15-26)17(4)23(29-6)21(22)16(2)3/h8-12,16,18,22,25-26H,7,13-15H2,1-6H3/t18-,22?,33?/m0/s1. The number of esters is 1. The molecule has 0 amide bonds. The Morgan fingerprint density at radius 1 is 1.21 bits per heavy atom. The van der Waals surface area contributed by atoms with Crippen LogP contribution in [-0.2, 0) is 23.4 Å². The van der Waals surface area contributed by atoms with E-state index >= 15 is 0 Å². The number of methoxy groups -OCH3 is 1. The minimum Gasteiger partial charge on any atom is -0.496 e. The molecule has 184 valence electrons. The van der Waals surface area contributed by atoms with Gasteiger partial charge in [0, 0.05) is 6.54 Å². The molecule has 0 aliphatic heterocycles. The summed E-state index contributed by atoms with van der Waals surface area (Å²) in [5, 5.41) is 13.3. The van der Waals surface area contributed by atoms with Crippen molar-refractivity contribution in [3.8, 4) is 5.75 Å². The van der Waals surface area contributed by atoms with E-state index in [-0.39, 0.29) is 37.9 Å². The number of nitrogens with one attached hydrogen (secondary N) is 1. The van der Waals surface area contributed by atoms with Gasteiger partial charge in [-0.3, -0.25) is 4.52 Å². The number of hydrogen-bond donors (Lipinski definition) is 2. The van der Waals surface area contributed by atoms with Crippen LogP contribution < -0.4 is 9.84 Å². The molecule has 33 heavy (non-hydrogen) atoms. The van der Waals surface area contributed by atoms with Crippen LogP contribution in [-0.4, -0.2) is 56.3 Å². The van der Waals surface area contributed by atoms with Gasteiger partial charge in [0.15, 0.2) is 6.10 Å². The molecule has 0 radical (unpaired) electrons. The first-order valence-electron chi connectivity index (χ1n) is 11.2. The molecule has 3 atom stereocenters. The summed E-state index contributed by atoms with van der Waals surface area (Å²) in [5.41, 5.74) is 2.74. The lowest BCUT2D eigenvalue weighted by Gasteiger charge is -2.25. The fourth-order valence-corrected chi connectivity index (χ4v) is 5.51. The Bertz CT molecular complexity index is 911. The summed E-state index contributed by atoms with van der Waals surface area (Å²) in [5.74, 6) is 0.717. The van der Waals surface area contributed by atoms with Crippen molar-refractivity contribution in [3.63, 3.8) is 0 Å². The number of allylic oxidation sites excluding steroid dienone is 1. The van der Waals surface area contributed by atoms with Crippen LogP contribution >= 0.6 is 7.60 Å². The molecular weight excluding hydrogens is 445 g/mol. The van der Waals surface area contributed by atoms with Gasteiger partial charge in [0.1, 0.15) is 11.5 Å². The largest absolute Gasteiger partial charge is 0.496 e. The molecule has 0 saturated heterocycles. The molecule has 0 saturated carbocycles. The summed E-state index contributed by atoms with van der Waals surface area (Å²) < 4.78 is 35.6. The van der Waals surface area contributed by atoms with Gasteiger partial charge in [0.05, 0.1) is 32.5 Å². The molecule has 0 fully saturated rings. The first kappa shape index (κ1) is 27.1. The van der Waals surface area contributed by atoms with Gasteiger partial charge in [0.2, 0.25) is 0 Å². The Morgan fingerprint density at radius 2 is 1.88 bits per heavy atom. The number of para-hydroxylation sites is 1. The lowest BCUT2D eigenvalue weighted by atomic mass is 9.95. The average Bonchev–Trinajstić information content (AvgIpc) is 3.05.